The third-order valence-electron chi connectivity index (χ3n) is 4.68. The first-order valence-corrected chi connectivity index (χ1v) is 8.38. The van der Waals surface area contributed by atoms with Crippen molar-refractivity contribution in [2.75, 3.05) is 6.54 Å². The second-order valence-corrected chi connectivity index (χ2v) is 6.83. The molecule has 2 aromatic heterocycles. The Balaban J connectivity index is 1.87. The Hall–Kier alpha value is -2.48. The molecule has 0 aromatic carbocycles. The van der Waals surface area contributed by atoms with Gasteiger partial charge in [-0.1, -0.05) is 0 Å². The molecule has 0 N–H and O–H groups in total. The molecule has 3 rings (SSSR count). The van der Waals surface area contributed by atoms with Gasteiger partial charge in [0.05, 0.1) is 11.7 Å². The molecule has 0 amide bonds. The first kappa shape index (κ1) is 17.3. The number of fused-ring (bicyclic) bond motifs is 1. The summed E-state index contributed by atoms with van der Waals surface area (Å²) < 4.78 is 4.10. The maximum absolute atomic E-state index is 12.2. The van der Waals surface area contributed by atoms with Crippen molar-refractivity contribution in [3.63, 3.8) is 0 Å². The zero-order valence-electron chi connectivity index (χ0n) is 15.0. The van der Waals surface area contributed by atoms with E-state index in [1.165, 1.54) is 22.4 Å². The highest BCUT2D eigenvalue weighted by molar-refractivity contribution is 5.21. The maximum atomic E-state index is 12.2. The van der Waals surface area contributed by atoms with Crippen LogP contribution in [-0.4, -0.2) is 30.4 Å². The van der Waals surface area contributed by atoms with E-state index in [1.54, 1.807) is 13.1 Å². The molecule has 1 aliphatic rings. The van der Waals surface area contributed by atoms with Gasteiger partial charge in [-0.05, 0) is 19.4 Å². The van der Waals surface area contributed by atoms with Crippen LogP contribution in [0, 0.1) is 0 Å². The summed E-state index contributed by atoms with van der Waals surface area (Å²) >= 11 is 0. The fraction of sp³-hybridized carbons (Fsp3) is 0.529. The van der Waals surface area contributed by atoms with E-state index in [4.69, 9.17) is 0 Å². The number of aromatic nitrogens is 4. The summed E-state index contributed by atoms with van der Waals surface area (Å²) in [5.74, 6) is 0. The van der Waals surface area contributed by atoms with Crippen molar-refractivity contribution >= 4 is 0 Å². The Morgan fingerprint density at radius 3 is 2.48 bits per heavy atom. The lowest BCUT2D eigenvalue weighted by Crippen LogP contribution is -2.40. The summed E-state index contributed by atoms with van der Waals surface area (Å²) in [7, 11) is 3.13. The lowest BCUT2D eigenvalue weighted by atomic mass is 10.1. The second-order valence-electron chi connectivity index (χ2n) is 6.83. The molecule has 2 aromatic rings. The van der Waals surface area contributed by atoms with E-state index < -0.39 is 0 Å². The van der Waals surface area contributed by atoms with Gasteiger partial charge >= 0.3 is 5.69 Å². The smallest absolute Gasteiger partial charge is 0.299 e. The van der Waals surface area contributed by atoms with Gasteiger partial charge in [-0.25, -0.2) is 9.48 Å². The van der Waals surface area contributed by atoms with Gasteiger partial charge in [0.15, 0.2) is 0 Å². The summed E-state index contributed by atoms with van der Waals surface area (Å²) in [5.41, 5.74) is 1.79. The minimum atomic E-state index is -0.332. The van der Waals surface area contributed by atoms with Gasteiger partial charge < -0.3 is 0 Å². The molecule has 0 saturated carbocycles. The zero-order chi connectivity index (χ0) is 18.3. The molecule has 0 unspecified atom stereocenters. The Morgan fingerprint density at radius 1 is 1.08 bits per heavy atom. The third kappa shape index (κ3) is 3.21. The van der Waals surface area contributed by atoms with Crippen LogP contribution in [0.1, 0.15) is 36.8 Å². The molecular formula is C17H23N5O3. The van der Waals surface area contributed by atoms with Gasteiger partial charge in [0.2, 0.25) is 0 Å². The van der Waals surface area contributed by atoms with Crippen LogP contribution in [-0.2, 0) is 33.6 Å². The molecule has 0 aliphatic carbocycles. The van der Waals surface area contributed by atoms with Crippen LogP contribution in [0.3, 0.4) is 0 Å². The average molecular weight is 345 g/mol. The van der Waals surface area contributed by atoms with Crippen molar-refractivity contribution in [3.05, 3.63) is 60.3 Å². The van der Waals surface area contributed by atoms with Crippen LogP contribution in [0.15, 0.2) is 26.5 Å². The molecule has 134 valence electrons. The quantitative estimate of drug-likeness (QED) is 0.768. The average Bonchev–Trinajstić information content (AvgIpc) is 2.56. The zero-order valence-corrected chi connectivity index (χ0v) is 15.0. The number of nitrogens with zero attached hydrogens (tertiary/aromatic N) is 5. The maximum Gasteiger partial charge on any atom is 0.330 e. The van der Waals surface area contributed by atoms with E-state index in [1.807, 2.05) is 13.8 Å². The molecule has 0 saturated heterocycles. The highest BCUT2D eigenvalue weighted by Gasteiger charge is 2.21. The Morgan fingerprint density at radius 2 is 1.80 bits per heavy atom. The second kappa shape index (κ2) is 6.44. The molecule has 1 aliphatic heterocycles. The highest BCUT2D eigenvalue weighted by atomic mass is 16.2. The summed E-state index contributed by atoms with van der Waals surface area (Å²) in [6.45, 7) is 5.70. The molecule has 0 fully saturated rings. The first-order chi connectivity index (χ1) is 11.8. The summed E-state index contributed by atoms with van der Waals surface area (Å²) in [4.78, 5) is 38.2. The van der Waals surface area contributed by atoms with Crippen molar-refractivity contribution in [2.45, 2.75) is 39.4 Å². The van der Waals surface area contributed by atoms with Crippen molar-refractivity contribution in [1.29, 1.82) is 0 Å². The molecule has 0 radical (unpaired) electrons. The molecular weight excluding hydrogens is 322 g/mol. The molecule has 8 heteroatoms. The third-order valence-corrected chi connectivity index (χ3v) is 4.68. The summed E-state index contributed by atoms with van der Waals surface area (Å²) in [5, 5.41) is 4.48. The molecule has 0 bridgehead atoms. The van der Waals surface area contributed by atoms with E-state index in [-0.39, 0.29) is 22.9 Å². The van der Waals surface area contributed by atoms with Crippen molar-refractivity contribution < 1.29 is 0 Å². The Labute approximate surface area is 144 Å². The molecule has 3 heterocycles. The van der Waals surface area contributed by atoms with Gasteiger partial charge in [0.25, 0.3) is 11.1 Å². The molecule has 25 heavy (non-hydrogen) atoms. The van der Waals surface area contributed by atoms with Gasteiger partial charge in [-0.15, -0.1) is 0 Å². The van der Waals surface area contributed by atoms with Crippen LogP contribution < -0.4 is 16.8 Å². The van der Waals surface area contributed by atoms with Crippen molar-refractivity contribution in [3.8, 4) is 0 Å². The molecule has 8 nitrogen and oxygen atoms in total. The molecule has 0 spiro atoms. The van der Waals surface area contributed by atoms with Crippen LogP contribution >= 0.6 is 0 Å². The van der Waals surface area contributed by atoms with Crippen molar-refractivity contribution in [1.82, 2.24) is 23.8 Å². The Kier molecular flexibility index (Phi) is 4.47. The van der Waals surface area contributed by atoms with Gasteiger partial charge in [0, 0.05) is 58.0 Å². The summed E-state index contributed by atoms with van der Waals surface area (Å²) in [6, 6.07) is 3.18. The lowest BCUT2D eigenvalue weighted by molar-refractivity contribution is 0.233. The van der Waals surface area contributed by atoms with Crippen molar-refractivity contribution in [2.24, 2.45) is 14.1 Å². The van der Waals surface area contributed by atoms with E-state index in [9.17, 15) is 14.4 Å². The van der Waals surface area contributed by atoms with Gasteiger partial charge in [0.1, 0.15) is 0 Å². The topological polar surface area (TPSA) is 82.1 Å². The minimum absolute atomic E-state index is 0.0332. The largest absolute Gasteiger partial charge is 0.330 e. The molecule has 0 atom stereocenters. The van der Waals surface area contributed by atoms with E-state index in [2.05, 4.69) is 10.00 Å². The fourth-order valence-electron chi connectivity index (χ4n) is 3.14. The van der Waals surface area contributed by atoms with Crippen LogP contribution in [0.4, 0.5) is 0 Å². The number of hydrogen-bond acceptors (Lipinski definition) is 5. The minimum Gasteiger partial charge on any atom is -0.299 e. The number of rotatable bonds is 3. The summed E-state index contributed by atoms with van der Waals surface area (Å²) in [6.07, 6.45) is 0.737. The standard InChI is InChI=1S/C17H23N5O3/c1-11(2)22-16(24)7-12-9-21(6-5-14(12)18-22)10-13-8-15(23)20(4)17(25)19(13)3/h7-8,11H,5-6,9-10H2,1-4H3. The predicted octanol–water partition coefficient (Wildman–Crippen LogP) is -0.220. The van der Waals surface area contributed by atoms with E-state index in [0.717, 1.165) is 28.8 Å². The first-order valence-electron chi connectivity index (χ1n) is 8.38. The fourth-order valence-corrected chi connectivity index (χ4v) is 3.14. The van der Waals surface area contributed by atoms with Gasteiger partial charge in [-0.3, -0.25) is 23.6 Å². The van der Waals surface area contributed by atoms with Crippen LogP contribution in [0.5, 0.6) is 0 Å². The predicted molar refractivity (Wildman–Crippen MR) is 93.6 cm³/mol. The van der Waals surface area contributed by atoms with E-state index in [0.29, 0.717) is 18.8 Å². The van der Waals surface area contributed by atoms with Crippen LogP contribution in [0.2, 0.25) is 0 Å². The SMILES string of the molecule is CC(C)n1nc2c(cc1=O)CN(Cc1cc(=O)n(C)c(=O)n1C)CC2. The highest BCUT2D eigenvalue weighted by Crippen LogP contribution is 2.17. The number of hydrogen-bond donors (Lipinski definition) is 0. The lowest BCUT2D eigenvalue weighted by Gasteiger charge is -2.29. The Bertz CT molecular complexity index is 983. The van der Waals surface area contributed by atoms with E-state index >= 15 is 0 Å². The van der Waals surface area contributed by atoms with Gasteiger partial charge in [-0.2, -0.15) is 5.10 Å². The van der Waals surface area contributed by atoms with Crippen LogP contribution in [0.25, 0.3) is 0 Å². The normalized spacial score (nSPS) is 14.8. The monoisotopic (exact) mass is 345 g/mol.